The van der Waals surface area contributed by atoms with Gasteiger partial charge in [0.25, 0.3) is 0 Å². The molecule has 0 unspecified atom stereocenters. The van der Waals surface area contributed by atoms with Gasteiger partial charge in [-0.05, 0) is 22.0 Å². The van der Waals surface area contributed by atoms with E-state index in [0.29, 0.717) is 16.5 Å². The van der Waals surface area contributed by atoms with Gasteiger partial charge >= 0.3 is 5.69 Å². The molecular weight excluding hydrogens is 350 g/mol. The van der Waals surface area contributed by atoms with Crippen LogP contribution in [0, 0.1) is 10.1 Å². The van der Waals surface area contributed by atoms with E-state index in [1.165, 1.54) is 29.7 Å². The summed E-state index contributed by atoms with van der Waals surface area (Å²) in [4.78, 5) is 14.0. The summed E-state index contributed by atoms with van der Waals surface area (Å²) in [5.41, 5.74) is 8.14. The first-order valence-corrected chi connectivity index (χ1v) is 6.81. The minimum Gasteiger partial charge on any atom is -0.501 e. The number of nitrogens with zero attached hydrogens (tertiary/aromatic N) is 3. The fourth-order valence-corrected chi connectivity index (χ4v) is 2.33. The topological polar surface area (TPSA) is 127 Å². The molecule has 0 spiro atoms. The number of hydrazone groups is 1. The van der Waals surface area contributed by atoms with Crippen molar-refractivity contribution >= 4 is 50.1 Å². The Morgan fingerprint density at radius 2 is 2.35 bits per heavy atom. The van der Waals surface area contributed by atoms with Gasteiger partial charge in [-0.1, -0.05) is 0 Å². The Kier molecular flexibility index (Phi) is 4.15. The molecule has 0 aliphatic carbocycles. The molecule has 0 aliphatic heterocycles. The highest BCUT2D eigenvalue weighted by molar-refractivity contribution is 9.10. The number of thiazole rings is 1. The van der Waals surface area contributed by atoms with Crippen LogP contribution in [0.3, 0.4) is 0 Å². The van der Waals surface area contributed by atoms with Gasteiger partial charge in [0.05, 0.1) is 15.6 Å². The first kappa shape index (κ1) is 14.2. The number of aromatic hydroxyl groups is 1. The molecule has 0 aliphatic rings. The number of nitrogens with one attached hydrogen (secondary N) is 1. The number of rotatable bonds is 4. The van der Waals surface area contributed by atoms with Crippen LogP contribution in [0.4, 0.5) is 16.6 Å². The van der Waals surface area contributed by atoms with Crippen LogP contribution >= 0.6 is 27.3 Å². The minimum absolute atomic E-state index is 0.214. The molecule has 1 aromatic heterocycles. The summed E-state index contributed by atoms with van der Waals surface area (Å²) in [6.45, 7) is 0. The van der Waals surface area contributed by atoms with Crippen molar-refractivity contribution in [3.63, 3.8) is 0 Å². The summed E-state index contributed by atoms with van der Waals surface area (Å²) in [6, 6.07) is 2.71. The van der Waals surface area contributed by atoms with Gasteiger partial charge < -0.3 is 10.8 Å². The standard InChI is InChI=1S/C10H8BrN5O3S/c11-6-1-5(2-7(9(6)17)16(18)19)3-13-15-10-14-8(12)4-20-10/h1-4,17H,12H2,(H,14,15). The quantitative estimate of drug-likeness (QED) is 0.438. The van der Waals surface area contributed by atoms with Crippen LogP contribution in [0.2, 0.25) is 0 Å². The first-order valence-electron chi connectivity index (χ1n) is 5.14. The molecule has 2 rings (SSSR count). The minimum atomic E-state index is -0.674. The zero-order valence-electron chi connectivity index (χ0n) is 9.78. The number of aromatic nitrogens is 1. The van der Waals surface area contributed by atoms with E-state index in [1.807, 2.05) is 0 Å². The van der Waals surface area contributed by atoms with Crippen molar-refractivity contribution in [2.45, 2.75) is 0 Å². The molecule has 4 N–H and O–H groups in total. The number of anilines is 2. The van der Waals surface area contributed by atoms with Gasteiger partial charge in [-0.3, -0.25) is 15.5 Å². The van der Waals surface area contributed by atoms with Crippen molar-refractivity contribution in [1.29, 1.82) is 0 Å². The van der Waals surface area contributed by atoms with Crippen LogP contribution < -0.4 is 11.2 Å². The van der Waals surface area contributed by atoms with E-state index >= 15 is 0 Å². The smallest absolute Gasteiger partial charge is 0.312 e. The molecule has 20 heavy (non-hydrogen) atoms. The highest BCUT2D eigenvalue weighted by Gasteiger charge is 2.17. The summed E-state index contributed by atoms with van der Waals surface area (Å²) in [7, 11) is 0. The van der Waals surface area contributed by atoms with Crippen LogP contribution in [-0.4, -0.2) is 21.2 Å². The second-order valence-corrected chi connectivity index (χ2v) is 5.29. The number of nitro benzene ring substituents is 1. The molecule has 0 fully saturated rings. The maximum absolute atomic E-state index is 10.8. The molecule has 0 radical (unpaired) electrons. The van der Waals surface area contributed by atoms with E-state index in [0.717, 1.165) is 0 Å². The van der Waals surface area contributed by atoms with Crippen LogP contribution in [0.15, 0.2) is 27.1 Å². The van der Waals surface area contributed by atoms with E-state index in [-0.39, 0.29) is 4.47 Å². The van der Waals surface area contributed by atoms with E-state index < -0.39 is 16.4 Å². The van der Waals surface area contributed by atoms with Gasteiger partial charge in [0.1, 0.15) is 5.82 Å². The Morgan fingerprint density at radius 3 is 2.95 bits per heavy atom. The van der Waals surface area contributed by atoms with Gasteiger partial charge in [-0.15, -0.1) is 11.3 Å². The zero-order chi connectivity index (χ0) is 14.7. The molecule has 0 amide bonds. The number of hydrogen-bond donors (Lipinski definition) is 3. The molecule has 0 saturated carbocycles. The molecule has 0 saturated heterocycles. The van der Waals surface area contributed by atoms with E-state index in [2.05, 4.69) is 31.4 Å². The van der Waals surface area contributed by atoms with Crippen LogP contribution in [0.1, 0.15) is 5.56 Å². The lowest BCUT2D eigenvalue weighted by Gasteiger charge is -2.00. The Labute approximate surface area is 125 Å². The highest BCUT2D eigenvalue weighted by atomic mass is 79.9. The number of halogens is 1. The number of nitrogens with two attached hydrogens (primary N) is 1. The fourth-order valence-electron chi connectivity index (χ4n) is 1.32. The average Bonchev–Trinajstić information content (AvgIpc) is 2.79. The lowest BCUT2D eigenvalue weighted by molar-refractivity contribution is -0.386. The van der Waals surface area contributed by atoms with Gasteiger partial charge in [0, 0.05) is 17.0 Å². The van der Waals surface area contributed by atoms with E-state index in [4.69, 9.17) is 5.73 Å². The third-order valence-corrected chi connectivity index (χ3v) is 3.53. The van der Waals surface area contributed by atoms with Crippen molar-refractivity contribution in [3.8, 4) is 5.75 Å². The predicted octanol–water partition coefficient (Wildman–Crippen LogP) is 2.55. The normalized spacial score (nSPS) is 10.8. The maximum atomic E-state index is 10.8. The molecule has 0 atom stereocenters. The average molecular weight is 358 g/mol. The predicted molar refractivity (Wildman–Crippen MR) is 80.2 cm³/mol. The van der Waals surface area contributed by atoms with Crippen molar-refractivity contribution in [1.82, 2.24) is 4.98 Å². The van der Waals surface area contributed by atoms with Gasteiger partial charge in [-0.25, -0.2) is 4.98 Å². The Morgan fingerprint density at radius 1 is 1.60 bits per heavy atom. The summed E-state index contributed by atoms with van der Waals surface area (Å²) >= 11 is 4.32. The van der Waals surface area contributed by atoms with E-state index in [9.17, 15) is 15.2 Å². The summed E-state index contributed by atoms with van der Waals surface area (Å²) in [6.07, 6.45) is 1.37. The molecular formula is C10H8BrN5O3S. The van der Waals surface area contributed by atoms with Gasteiger partial charge in [-0.2, -0.15) is 5.10 Å². The molecule has 2 aromatic rings. The Bertz CT molecular complexity index is 688. The Hall–Kier alpha value is -2.20. The second-order valence-electron chi connectivity index (χ2n) is 3.58. The number of nitro groups is 1. The largest absolute Gasteiger partial charge is 0.501 e. The molecule has 1 heterocycles. The summed E-state index contributed by atoms with van der Waals surface area (Å²) in [5.74, 6) is -0.0384. The molecule has 1 aromatic carbocycles. The lowest BCUT2D eigenvalue weighted by Crippen LogP contribution is -1.94. The van der Waals surface area contributed by atoms with Crippen LogP contribution in [-0.2, 0) is 0 Å². The maximum Gasteiger partial charge on any atom is 0.312 e. The van der Waals surface area contributed by atoms with Crippen molar-refractivity contribution < 1.29 is 10.0 Å². The number of hydrogen-bond acceptors (Lipinski definition) is 8. The summed E-state index contributed by atoms with van der Waals surface area (Å²) < 4.78 is 0.214. The third-order valence-electron chi connectivity index (χ3n) is 2.16. The molecule has 104 valence electrons. The number of nitrogen functional groups attached to an aromatic ring is 1. The van der Waals surface area contributed by atoms with Crippen LogP contribution in [0.25, 0.3) is 0 Å². The molecule has 0 bridgehead atoms. The number of phenolic OH excluding ortho intramolecular Hbond substituents is 1. The lowest BCUT2D eigenvalue weighted by atomic mass is 10.2. The number of benzene rings is 1. The summed E-state index contributed by atoms with van der Waals surface area (Å²) in [5, 5.41) is 26.3. The van der Waals surface area contributed by atoms with Gasteiger partial charge in [0.2, 0.25) is 10.9 Å². The SMILES string of the molecule is Nc1csc(NN=Cc2cc(Br)c(O)c([N+](=O)[O-])c2)n1. The third kappa shape index (κ3) is 3.22. The van der Waals surface area contributed by atoms with Crippen molar-refractivity contribution in [2.75, 3.05) is 11.2 Å². The number of phenols is 1. The van der Waals surface area contributed by atoms with Crippen molar-refractivity contribution in [3.05, 3.63) is 37.7 Å². The Balaban J connectivity index is 2.19. The monoisotopic (exact) mass is 357 g/mol. The second kappa shape index (κ2) is 5.84. The fraction of sp³-hybridized carbons (Fsp3) is 0. The zero-order valence-corrected chi connectivity index (χ0v) is 12.2. The first-order chi connectivity index (χ1) is 9.47. The molecule has 8 nitrogen and oxygen atoms in total. The van der Waals surface area contributed by atoms with Gasteiger partial charge in [0.15, 0.2) is 0 Å². The van der Waals surface area contributed by atoms with Crippen LogP contribution in [0.5, 0.6) is 5.75 Å². The molecule has 10 heteroatoms. The highest BCUT2D eigenvalue weighted by Crippen LogP contribution is 2.34. The van der Waals surface area contributed by atoms with Crippen molar-refractivity contribution in [2.24, 2.45) is 5.10 Å². The van der Waals surface area contributed by atoms with E-state index in [1.54, 1.807) is 5.38 Å².